The van der Waals surface area contributed by atoms with E-state index in [4.69, 9.17) is 24.9 Å². The molecule has 0 fully saturated rings. The summed E-state index contributed by atoms with van der Waals surface area (Å²) in [5, 5.41) is 2.30. The van der Waals surface area contributed by atoms with Crippen molar-refractivity contribution < 1.29 is 0 Å². The van der Waals surface area contributed by atoms with E-state index in [0.717, 1.165) is 94.5 Å². The summed E-state index contributed by atoms with van der Waals surface area (Å²) in [4.78, 5) is 27.5. The Morgan fingerprint density at radius 2 is 0.602 bits per heavy atom. The first-order valence-corrected chi connectivity index (χ1v) is 29.1. The summed E-state index contributed by atoms with van der Waals surface area (Å²) in [7, 11) is 0. The van der Waals surface area contributed by atoms with Gasteiger partial charge in [-0.15, -0.1) is 0 Å². The van der Waals surface area contributed by atoms with Gasteiger partial charge < -0.3 is 4.57 Å². The average molecular weight is 1080 g/mol. The zero-order valence-corrected chi connectivity index (χ0v) is 50.0. The number of rotatable bonds is 9. The lowest BCUT2D eigenvalue weighted by atomic mass is 9.79. The first kappa shape index (κ1) is 54.5. The number of fused-ring (bicyclic) bond motifs is 3. The molecule has 3 aromatic heterocycles. The second-order valence-electron chi connectivity index (χ2n) is 26.4. The molecule has 410 valence electrons. The Balaban J connectivity index is 1.17. The van der Waals surface area contributed by atoms with Crippen molar-refractivity contribution in [1.82, 2.24) is 29.5 Å². The second-order valence-corrected chi connectivity index (χ2v) is 26.4. The van der Waals surface area contributed by atoms with Crippen LogP contribution in [0.1, 0.15) is 105 Å². The molecule has 12 rings (SSSR count). The molecule has 0 aliphatic rings. The highest BCUT2D eigenvalue weighted by atomic mass is 15.0. The van der Waals surface area contributed by atoms with E-state index in [1.807, 2.05) is 24.3 Å². The molecule has 83 heavy (non-hydrogen) atoms. The molecule has 0 saturated carbocycles. The third-order valence-corrected chi connectivity index (χ3v) is 16.1. The van der Waals surface area contributed by atoms with Gasteiger partial charge in [-0.25, -0.2) is 24.9 Å². The molecule has 0 spiro atoms. The molecular weight excluding hydrogens is 1010 g/mol. The molecule has 0 N–H and O–H groups in total. The predicted octanol–water partition coefficient (Wildman–Crippen LogP) is 20.3. The maximum atomic E-state index is 5.56. The Morgan fingerprint density at radius 1 is 0.253 bits per heavy atom. The minimum absolute atomic E-state index is 0.129. The summed E-state index contributed by atoms with van der Waals surface area (Å²) >= 11 is 0. The minimum Gasteiger partial charge on any atom is -0.309 e. The van der Waals surface area contributed by atoms with E-state index >= 15 is 0 Å². The lowest BCUT2D eigenvalue weighted by Crippen LogP contribution is -2.17. The van der Waals surface area contributed by atoms with Gasteiger partial charge in [0, 0.05) is 44.2 Å². The number of hydrogen-bond acceptors (Lipinski definition) is 5. The molecule has 0 unspecified atom stereocenters. The summed E-state index contributed by atoms with van der Waals surface area (Å²) in [6.07, 6.45) is 0. The monoisotopic (exact) mass is 1080 g/mol. The maximum absolute atomic E-state index is 5.56. The summed E-state index contributed by atoms with van der Waals surface area (Å²) in [6.45, 7) is 27.3. The predicted molar refractivity (Wildman–Crippen MR) is 348 cm³/mol. The lowest BCUT2D eigenvalue weighted by Gasteiger charge is -2.26. The van der Waals surface area contributed by atoms with Gasteiger partial charge in [-0.2, -0.15) is 0 Å². The van der Waals surface area contributed by atoms with Crippen LogP contribution in [-0.4, -0.2) is 29.5 Å². The van der Waals surface area contributed by atoms with Crippen LogP contribution in [0.15, 0.2) is 218 Å². The smallest absolute Gasteiger partial charge is 0.164 e. The molecule has 0 aliphatic carbocycles. The fourth-order valence-electron chi connectivity index (χ4n) is 11.0. The molecule has 0 bridgehead atoms. The summed E-state index contributed by atoms with van der Waals surface area (Å²) in [5.41, 5.74) is 19.3. The number of nitrogens with zero attached hydrogens (tertiary/aromatic N) is 6. The van der Waals surface area contributed by atoms with Crippen LogP contribution in [0.4, 0.5) is 0 Å². The maximum Gasteiger partial charge on any atom is 0.164 e. The number of benzene rings is 9. The van der Waals surface area contributed by atoms with Crippen LogP contribution in [-0.2, 0) is 21.7 Å². The van der Waals surface area contributed by atoms with Gasteiger partial charge in [0.1, 0.15) is 0 Å². The lowest BCUT2D eigenvalue weighted by molar-refractivity contribution is 0.568. The van der Waals surface area contributed by atoms with Crippen LogP contribution < -0.4 is 0 Å². The Morgan fingerprint density at radius 3 is 1.01 bits per heavy atom. The quantitative estimate of drug-likeness (QED) is 0.144. The van der Waals surface area contributed by atoms with Crippen LogP contribution in [0.2, 0.25) is 0 Å². The van der Waals surface area contributed by atoms with Crippen molar-refractivity contribution in [1.29, 1.82) is 0 Å². The number of hydrogen-bond donors (Lipinski definition) is 0. The van der Waals surface area contributed by atoms with Crippen molar-refractivity contribution in [3.63, 3.8) is 0 Å². The Labute approximate surface area is 490 Å². The first-order valence-electron chi connectivity index (χ1n) is 29.1. The van der Waals surface area contributed by atoms with Gasteiger partial charge in [0.05, 0.1) is 28.1 Å². The molecular formula is C77H72N6. The zero-order chi connectivity index (χ0) is 58.0. The van der Waals surface area contributed by atoms with E-state index in [1.165, 1.54) is 22.3 Å². The molecule has 0 radical (unpaired) electrons. The van der Waals surface area contributed by atoms with Crippen LogP contribution >= 0.6 is 0 Å². The molecule has 0 aliphatic heterocycles. The molecule has 9 aromatic carbocycles. The van der Waals surface area contributed by atoms with Crippen molar-refractivity contribution >= 4 is 21.8 Å². The second kappa shape index (κ2) is 21.0. The van der Waals surface area contributed by atoms with E-state index in [1.54, 1.807) is 0 Å². The SMILES string of the molecule is CC(C)(C)c1cc(-c2nc(-c3cc(C(C)(C)C)cc(C(C)(C)C)c3)nc(-c3ccc(-n4c5ccc(-c6ccccc6)cc5c5cc(-c6ccccc6)ccc54)c(-c4cc(-c5ccccc5)nc(-c5ccccc5)n4)c3)n2)cc(C(C)(C)C)c1. The summed E-state index contributed by atoms with van der Waals surface area (Å²) in [5.74, 6) is 2.44. The zero-order valence-electron chi connectivity index (χ0n) is 50.0. The summed E-state index contributed by atoms with van der Waals surface area (Å²) in [6, 6.07) is 78.4. The fraction of sp³-hybridized carbons (Fsp3) is 0.208. The minimum atomic E-state index is -0.129. The highest BCUT2D eigenvalue weighted by molar-refractivity contribution is 6.12. The average Bonchev–Trinajstić information content (AvgIpc) is 2.84. The highest BCUT2D eigenvalue weighted by Gasteiger charge is 2.27. The van der Waals surface area contributed by atoms with Gasteiger partial charge in [0.2, 0.25) is 0 Å². The molecule has 6 heteroatoms. The van der Waals surface area contributed by atoms with Crippen LogP contribution in [0.25, 0.3) is 118 Å². The number of aromatic nitrogens is 6. The molecule has 0 atom stereocenters. The molecule has 0 amide bonds. The van der Waals surface area contributed by atoms with E-state index in [0.29, 0.717) is 23.3 Å². The van der Waals surface area contributed by atoms with Crippen LogP contribution in [0.5, 0.6) is 0 Å². The van der Waals surface area contributed by atoms with E-state index in [2.05, 4.69) is 282 Å². The topological polar surface area (TPSA) is 69.4 Å². The molecule has 12 aromatic rings. The van der Waals surface area contributed by atoms with Gasteiger partial charge in [0.15, 0.2) is 23.3 Å². The van der Waals surface area contributed by atoms with E-state index < -0.39 is 0 Å². The van der Waals surface area contributed by atoms with Gasteiger partial charge in [-0.1, -0.05) is 229 Å². The van der Waals surface area contributed by atoms with E-state index in [-0.39, 0.29) is 21.7 Å². The third kappa shape index (κ3) is 11.1. The fourth-order valence-corrected chi connectivity index (χ4v) is 11.0. The van der Waals surface area contributed by atoms with Crippen LogP contribution in [0.3, 0.4) is 0 Å². The molecule has 0 saturated heterocycles. The van der Waals surface area contributed by atoms with Gasteiger partial charge in [-0.05, 0) is 139 Å². The Bertz CT molecular complexity index is 4060. The highest BCUT2D eigenvalue weighted by Crippen LogP contribution is 2.43. The molecule has 6 nitrogen and oxygen atoms in total. The van der Waals surface area contributed by atoms with Crippen LogP contribution in [0, 0.1) is 0 Å². The van der Waals surface area contributed by atoms with Gasteiger partial charge >= 0.3 is 0 Å². The van der Waals surface area contributed by atoms with Crippen molar-refractivity contribution in [2.24, 2.45) is 0 Å². The van der Waals surface area contributed by atoms with Crippen molar-refractivity contribution in [2.45, 2.75) is 105 Å². The largest absolute Gasteiger partial charge is 0.309 e. The van der Waals surface area contributed by atoms with Crippen molar-refractivity contribution in [3.05, 3.63) is 241 Å². The Kier molecular flexibility index (Phi) is 13.8. The van der Waals surface area contributed by atoms with Gasteiger partial charge in [0.25, 0.3) is 0 Å². The third-order valence-electron chi connectivity index (χ3n) is 16.1. The van der Waals surface area contributed by atoms with Gasteiger partial charge in [-0.3, -0.25) is 0 Å². The first-order chi connectivity index (χ1) is 39.6. The molecule has 3 heterocycles. The Hall–Kier alpha value is -9.13. The van der Waals surface area contributed by atoms with Crippen molar-refractivity contribution in [3.8, 4) is 96.0 Å². The standard InChI is InChI=1S/C77H72N6/c1-74(2,3)58-39-56(40-59(46-58)75(4,5)6)72-80-71(81-73(82-72)57-41-60(76(7,8)9)47-61(42-57)77(10,11)12)55-35-38-69(64(45-55)66-48-65(51-29-21-15-22-30-51)78-70(79-66)52-31-23-16-24-32-52)83-67-36-33-53(49-25-17-13-18-26-49)43-62(67)63-44-54(34-37-68(63)83)50-27-19-14-20-28-50/h13-48H,1-12H3. The summed E-state index contributed by atoms with van der Waals surface area (Å²) < 4.78 is 2.42. The van der Waals surface area contributed by atoms with Crippen molar-refractivity contribution in [2.75, 3.05) is 0 Å². The van der Waals surface area contributed by atoms with E-state index in [9.17, 15) is 0 Å². The normalized spacial score (nSPS) is 12.3.